The van der Waals surface area contributed by atoms with Crippen molar-refractivity contribution in [1.82, 2.24) is 0 Å². The van der Waals surface area contributed by atoms with E-state index in [1.165, 1.54) is 18.2 Å². The lowest BCUT2D eigenvalue weighted by atomic mass is 10.1. The summed E-state index contributed by atoms with van der Waals surface area (Å²) in [6.07, 6.45) is 9.17. The fourth-order valence-electron chi connectivity index (χ4n) is 5.24. The highest BCUT2D eigenvalue weighted by atomic mass is 19.2. The predicted molar refractivity (Wildman–Crippen MR) is 187 cm³/mol. The standard InChI is InChI=1S/C42H24F9N/c43-34-19-28(20-35(44)40(34)49)4-1-25-7-13-31(14-8-25)52(32-15-9-26(10-16-32)2-5-29-21-36(45)41(50)37(46)22-29)33-17-11-27(12-18-33)3-6-30-23-38(47)42(51)39(48)24-30/h1-24H/b4-1+,5-2+,6-3+. The molecular weight excluding hydrogens is 689 g/mol. The molecule has 260 valence electrons. The van der Waals surface area contributed by atoms with Gasteiger partial charge in [-0.15, -0.1) is 0 Å². The minimum atomic E-state index is -1.55. The van der Waals surface area contributed by atoms with Gasteiger partial charge in [-0.3, -0.25) is 0 Å². The molecule has 10 heteroatoms. The molecule has 0 aromatic heterocycles. The average molecular weight is 714 g/mol. The average Bonchev–Trinajstić information content (AvgIpc) is 3.14. The van der Waals surface area contributed by atoms with Crippen LogP contribution in [0.3, 0.4) is 0 Å². The van der Waals surface area contributed by atoms with Crippen LogP contribution >= 0.6 is 0 Å². The van der Waals surface area contributed by atoms with Gasteiger partial charge in [0.15, 0.2) is 52.4 Å². The largest absolute Gasteiger partial charge is 0.311 e. The van der Waals surface area contributed by atoms with Gasteiger partial charge in [-0.2, -0.15) is 0 Å². The fourth-order valence-corrected chi connectivity index (χ4v) is 5.24. The van der Waals surface area contributed by atoms with Crippen molar-refractivity contribution in [2.24, 2.45) is 0 Å². The summed E-state index contributed by atoms with van der Waals surface area (Å²) in [6.45, 7) is 0. The molecule has 0 saturated carbocycles. The molecule has 0 saturated heterocycles. The number of benzene rings is 6. The van der Waals surface area contributed by atoms with Crippen molar-refractivity contribution in [3.8, 4) is 0 Å². The first-order chi connectivity index (χ1) is 24.9. The number of nitrogens with zero attached hydrogens (tertiary/aromatic N) is 1. The summed E-state index contributed by atoms with van der Waals surface area (Å²) in [7, 11) is 0. The molecule has 0 radical (unpaired) electrons. The van der Waals surface area contributed by atoms with Crippen LogP contribution in [-0.2, 0) is 0 Å². The Morgan fingerprint density at radius 1 is 0.269 bits per heavy atom. The van der Waals surface area contributed by atoms with E-state index in [0.717, 1.165) is 36.4 Å². The second-order valence-corrected chi connectivity index (χ2v) is 11.5. The lowest BCUT2D eigenvalue weighted by Gasteiger charge is -2.26. The minimum Gasteiger partial charge on any atom is -0.311 e. The van der Waals surface area contributed by atoms with Gasteiger partial charge in [-0.25, -0.2) is 39.5 Å². The summed E-state index contributed by atoms with van der Waals surface area (Å²) in [4.78, 5) is 1.91. The van der Waals surface area contributed by atoms with E-state index in [9.17, 15) is 39.5 Å². The van der Waals surface area contributed by atoms with Crippen LogP contribution in [0.4, 0.5) is 56.6 Å². The summed E-state index contributed by atoms with van der Waals surface area (Å²) in [5, 5.41) is 0. The molecule has 0 bridgehead atoms. The Morgan fingerprint density at radius 3 is 0.673 bits per heavy atom. The normalized spacial score (nSPS) is 11.7. The van der Waals surface area contributed by atoms with Crippen molar-refractivity contribution >= 4 is 53.5 Å². The zero-order valence-corrected chi connectivity index (χ0v) is 26.7. The Kier molecular flexibility index (Phi) is 10.5. The van der Waals surface area contributed by atoms with E-state index in [1.807, 2.05) is 41.3 Å². The van der Waals surface area contributed by atoms with Crippen LogP contribution in [0.5, 0.6) is 0 Å². The summed E-state index contributed by atoms with van der Waals surface area (Å²) < 4.78 is 122. The van der Waals surface area contributed by atoms with Crippen LogP contribution in [0.25, 0.3) is 36.5 Å². The Morgan fingerprint density at radius 2 is 0.462 bits per heavy atom. The number of hydrogen-bond donors (Lipinski definition) is 0. The van der Waals surface area contributed by atoms with Gasteiger partial charge < -0.3 is 4.90 Å². The van der Waals surface area contributed by atoms with Crippen LogP contribution in [0.1, 0.15) is 33.4 Å². The number of anilines is 3. The van der Waals surface area contributed by atoms with E-state index in [-0.39, 0.29) is 16.7 Å². The van der Waals surface area contributed by atoms with E-state index >= 15 is 0 Å². The quantitative estimate of drug-likeness (QED) is 0.0819. The zero-order valence-electron chi connectivity index (χ0n) is 26.7. The lowest BCUT2D eigenvalue weighted by Crippen LogP contribution is -2.09. The maximum Gasteiger partial charge on any atom is 0.194 e. The summed E-state index contributed by atoms with van der Waals surface area (Å²) in [5.74, 6) is -12.5. The molecule has 0 aliphatic heterocycles. The molecule has 0 spiro atoms. The third-order valence-electron chi connectivity index (χ3n) is 7.88. The maximum atomic E-state index is 13.7. The molecule has 0 amide bonds. The SMILES string of the molecule is Fc1cc(/C=C/c2ccc(N(c3ccc(/C=C/c4cc(F)c(F)c(F)c4)cc3)c3ccc(/C=C/c4cc(F)c(F)c(F)c4)cc3)cc2)cc(F)c1F. The van der Waals surface area contributed by atoms with Gasteiger partial charge in [0.05, 0.1) is 0 Å². The van der Waals surface area contributed by atoms with Crippen molar-refractivity contribution in [3.63, 3.8) is 0 Å². The van der Waals surface area contributed by atoms with E-state index in [1.54, 1.807) is 54.6 Å². The Balaban J connectivity index is 1.29. The monoisotopic (exact) mass is 713 g/mol. The van der Waals surface area contributed by atoms with Gasteiger partial charge in [0.2, 0.25) is 0 Å². The van der Waals surface area contributed by atoms with Gasteiger partial charge in [0.1, 0.15) is 0 Å². The lowest BCUT2D eigenvalue weighted by molar-refractivity contribution is 0.447. The maximum absolute atomic E-state index is 13.7. The summed E-state index contributed by atoms with van der Waals surface area (Å²) >= 11 is 0. The van der Waals surface area contributed by atoms with Crippen LogP contribution in [-0.4, -0.2) is 0 Å². The number of halogens is 9. The molecule has 0 atom stereocenters. The molecule has 0 aliphatic rings. The predicted octanol–water partition coefficient (Wildman–Crippen LogP) is 12.9. The molecule has 0 fully saturated rings. The van der Waals surface area contributed by atoms with Gasteiger partial charge in [0.25, 0.3) is 0 Å². The molecule has 6 aromatic carbocycles. The van der Waals surface area contributed by atoms with Crippen LogP contribution in [0.15, 0.2) is 109 Å². The smallest absolute Gasteiger partial charge is 0.194 e. The highest BCUT2D eigenvalue weighted by molar-refractivity contribution is 5.80. The fraction of sp³-hybridized carbons (Fsp3) is 0. The van der Waals surface area contributed by atoms with Crippen molar-refractivity contribution in [3.05, 3.63) is 195 Å². The molecule has 1 nitrogen and oxygen atoms in total. The van der Waals surface area contributed by atoms with Gasteiger partial charge in [-0.05, 0) is 106 Å². The van der Waals surface area contributed by atoms with E-state index in [0.29, 0.717) is 33.8 Å². The number of hydrogen-bond acceptors (Lipinski definition) is 1. The van der Waals surface area contributed by atoms with Gasteiger partial charge in [0, 0.05) is 17.1 Å². The van der Waals surface area contributed by atoms with E-state index in [4.69, 9.17) is 0 Å². The summed E-state index contributed by atoms with van der Waals surface area (Å²) in [6, 6.07) is 26.8. The third-order valence-corrected chi connectivity index (χ3v) is 7.88. The molecule has 6 aromatic rings. The number of rotatable bonds is 9. The highest BCUT2D eigenvalue weighted by Crippen LogP contribution is 2.35. The van der Waals surface area contributed by atoms with E-state index < -0.39 is 52.4 Å². The Hall–Kier alpha value is -6.29. The van der Waals surface area contributed by atoms with Crippen molar-refractivity contribution in [1.29, 1.82) is 0 Å². The zero-order chi connectivity index (χ0) is 36.9. The first kappa shape index (κ1) is 35.5. The van der Waals surface area contributed by atoms with Crippen molar-refractivity contribution in [2.45, 2.75) is 0 Å². The molecule has 6 rings (SSSR count). The molecule has 0 heterocycles. The first-order valence-corrected chi connectivity index (χ1v) is 15.5. The molecule has 0 unspecified atom stereocenters. The second-order valence-electron chi connectivity index (χ2n) is 11.5. The first-order valence-electron chi connectivity index (χ1n) is 15.5. The molecular formula is C42H24F9N. The molecule has 0 N–H and O–H groups in total. The van der Waals surface area contributed by atoms with E-state index in [2.05, 4.69) is 0 Å². The summed E-state index contributed by atoms with van der Waals surface area (Å²) in [5.41, 5.74) is 4.55. The highest BCUT2D eigenvalue weighted by Gasteiger charge is 2.14. The van der Waals surface area contributed by atoms with Crippen LogP contribution in [0, 0.1) is 52.4 Å². The van der Waals surface area contributed by atoms with Crippen molar-refractivity contribution in [2.75, 3.05) is 4.90 Å². The Labute approximate surface area is 292 Å². The van der Waals surface area contributed by atoms with Crippen LogP contribution in [0.2, 0.25) is 0 Å². The molecule has 52 heavy (non-hydrogen) atoms. The van der Waals surface area contributed by atoms with Crippen molar-refractivity contribution < 1.29 is 39.5 Å². The third kappa shape index (κ3) is 8.18. The van der Waals surface area contributed by atoms with Crippen LogP contribution < -0.4 is 4.90 Å². The molecule has 0 aliphatic carbocycles. The Bertz CT molecular complexity index is 1990. The second kappa shape index (κ2) is 15.3. The van der Waals surface area contributed by atoms with Gasteiger partial charge >= 0.3 is 0 Å². The van der Waals surface area contributed by atoms with Gasteiger partial charge in [-0.1, -0.05) is 72.9 Å². The topological polar surface area (TPSA) is 3.24 Å². The minimum absolute atomic E-state index is 0.134.